The Kier molecular flexibility index (Phi) is 4.25. The number of aromatic nitrogens is 2. The van der Waals surface area contributed by atoms with Crippen LogP contribution in [0.15, 0.2) is 30.7 Å². The molecule has 7 heteroatoms. The molecule has 1 fully saturated rings. The van der Waals surface area contributed by atoms with Gasteiger partial charge in [-0.3, -0.25) is 9.97 Å². The van der Waals surface area contributed by atoms with E-state index in [4.69, 9.17) is 0 Å². The molecular formula is C17H24N4O2S. The summed E-state index contributed by atoms with van der Waals surface area (Å²) in [6.45, 7) is 5.98. The highest BCUT2D eigenvalue weighted by Gasteiger charge is 2.49. The fourth-order valence-electron chi connectivity index (χ4n) is 3.02. The van der Waals surface area contributed by atoms with E-state index < -0.39 is 20.3 Å². The van der Waals surface area contributed by atoms with Crippen molar-refractivity contribution in [3.63, 3.8) is 0 Å². The fourth-order valence-corrected chi connectivity index (χ4v) is 5.13. The monoisotopic (exact) mass is 348 g/mol. The lowest BCUT2D eigenvalue weighted by Crippen LogP contribution is -2.58. The summed E-state index contributed by atoms with van der Waals surface area (Å²) in [5.74, 6) is 0. The highest BCUT2D eigenvalue weighted by molar-refractivity contribution is 7.91. The molecule has 0 atom stereocenters. The number of hydrogen-bond acceptors (Lipinski definition) is 5. The molecule has 2 heterocycles. The molecule has 6 nitrogen and oxygen atoms in total. The van der Waals surface area contributed by atoms with Crippen molar-refractivity contribution in [3.05, 3.63) is 30.7 Å². The van der Waals surface area contributed by atoms with Crippen LogP contribution in [0.25, 0.3) is 10.9 Å². The molecular weight excluding hydrogens is 324 g/mol. The Morgan fingerprint density at radius 3 is 2.58 bits per heavy atom. The summed E-state index contributed by atoms with van der Waals surface area (Å²) in [7, 11) is -3.41. The van der Waals surface area contributed by atoms with Gasteiger partial charge in [0.05, 0.1) is 5.52 Å². The van der Waals surface area contributed by atoms with Crippen molar-refractivity contribution in [2.75, 3.05) is 11.9 Å². The Morgan fingerprint density at radius 2 is 1.96 bits per heavy atom. The zero-order valence-electron chi connectivity index (χ0n) is 14.3. The van der Waals surface area contributed by atoms with Gasteiger partial charge in [-0.05, 0) is 45.7 Å². The molecule has 0 amide bonds. The minimum absolute atomic E-state index is 0.381. The second-order valence-electron chi connectivity index (χ2n) is 7.50. The molecule has 0 aromatic carbocycles. The summed E-state index contributed by atoms with van der Waals surface area (Å²) in [5, 5.41) is 4.22. The third kappa shape index (κ3) is 3.23. The quantitative estimate of drug-likeness (QED) is 0.868. The number of nitrogens with one attached hydrogen (secondary N) is 2. The lowest BCUT2D eigenvalue weighted by molar-refractivity contribution is 0.339. The van der Waals surface area contributed by atoms with Crippen molar-refractivity contribution in [1.82, 2.24) is 14.7 Å². The predicted molar refractivity (Wildman–Crippen MR) is 96.4 cm³/mol. The minimum atomic E-state index is -3.41. The van der Waals surface area contributed by atoms with E-state index in [1.807, 2.05) is 32.9 Å². The Balaban J connectivity index is 1.83. The maximum atomic E-state index is 12.9. The summed E-state index contributed by atoms with van der Waals surface area (Å²) < 4.78 is 27.8. The van der Waals surface area contributed by atoms with E-state index in [0.29, 0.717) is 19.4 Å². The highest BCUT2D eigenvalue weighted by Crippen LogP contribution is 2.40. The second kappa shape index (κ2) is 5.97. The van der Waals surface area contributed by atoms with E-state index >= 15 is 0 Å². The van der Waals surface area contributed by atoms with Crippen LogP contribution in [0, 0.1) is 0 Å². The van der Waals surface area contributed by atoms with Crippen LogP contribution in [0.2, 0.25) is 0 Å². The van der Waals surface area contributed by atoms with Gasteiger partial charge in [0.1, 0.15) is 4.75 Å². The zero-order valence-corrected chi connectivity index (χ0v) is 15.2. The van der Waals surface area contributed by atoms with Crippen molar-refractivity contribution in [1.29, 1.82) is 0 Å². The molecule has 2 aromatic rings. The van der Waals surface area contributed by atoms with Gasteiger partial charge in [0.15, 0.2) is 0 Å². The van der Waals surface area contributed by atoms with E-state index in [1.54, 1.807) is 18.6 Å². The molecule has 2 N–H and O–H groups in total. The first-order valence-electron chi connectivity index (χ1n) is 8.19. The number of pyridine rings is 2. The largest absolute Gasteiger partial charge is 0.383 e. The Bertz CT molecular complexity index is 834. The van der Waals surface area contributed by atoms with Crippen LogP contribution in [-0.2, 0) is 10.0 Å². The number of hydrogen-bond donors (Lipinski definition) is 2. The van der Waals surface area contributed by atoms with E-state index in [2.05, 4.69) is 20.0 Å². The van der Waals surface area contributed by atoms with Crippen LogP contribution >= 0.6 is 0 Å². The molecule has 1 aliphatic rings. The van der Waals surface area contributed by atoms with Gasteiger partial charge in [0.25, 0.3) is 0 Å². The van der Waals surface area contributed by atoms with Crippen LogP contribution in [0.1, 0.15) is 40.0 Å². The van der Waals surface area contributed by atoms with Crippen LogP contribution in [0.3, 0.4) is 0 Å². The molecule has 1 aliphatic carbocycles. The summed E-state index contributed by atoms with van der Waals surface area (Å²) in [6, 6.07) is 3.71. The van der Waals surface area contributed by atoms with Gasteiger partial charge >= 0.3 is 0 Å². The predicted octanol–water partition coefficient (Wildman–Crippen LogP) is 2.68. The molecule has 130 valence electrons. The maximum Gasteiger partial charge on any atom is 0.219 e. The average molecular weight is 348 g/mol. The molecule has 0 bridgehead atoms. The molecule has 1 saturated carbocycles. The SMILES string of the molecule is CC(C)(C)NS(=O)(=O)C1(CNc2ccnc3ccncc23)CCC1. The summed E-state index contributed by atoms with van der Waals surface area (Å²) in [5.41, 5.74) is 1.23. The van der Waals surface area contributed by atoms with E-state index in [-0.39, 0.29) is 0 Å². The second-order valence-corrected chi connectivity index (χ2v) is 9.57. The minimum Gasteiger partial charge on any atom is -0.383 e. The molecule has 3 rings (SSSR count). The Morgan fingerprint density at radius 1 is 1.21 bits per heavy atom. The van der Waals surface area contributed by atoms with E-state index in [1.165, 1.54) is 0 Å². The lowest BCUT2D eigenvalue weighted by atomic mass is 9.84. The first-order valence-corrected chi connectivity index (χ1v) is 9.67. The van der Waals surface area contributed by atoms with Crippen LogP contribution in [-0.4, -0.2) is 35.2 Å². The fraction of sp³-hybridized carbons (Fsp3) is 0.529. The molecule has 0 saturated heterocycles. The molecule has 0 unspecified atom stereocenters. The maximum absolute atomic E-state index is 12.9. The number of anilines is 1. The Labute approximate surface area is 143 Å². The van der Waals surface area contributed by atoms with Crippen molar-refractivity contribution in [3.8, 4) is 0 Å². The van der Waals surface area contributed by atoms with Crippen molar-refractivity contribution in [2.45, 2.75) is 50.3 Å². The highest BCUT2D eigenvalue weighted by atomic mass is 32.2. The van der Waals surface area contributed by atoms with Crippen molar-refractivity contribution < 1.29 is 8.42 Å². The molecule has 0 radical (unpaired) electrons. The van der Waals surface area contributed by atoms with Gasteiger partial charge in [-0.25, -0.2) is 13.1 Å². The number of nitrogens with zero attached hydrogens (tertiary/aromatic N) is 2. The number of sulfonamides is 1. The first kappa shape index (κ1) is 17.1. The van der Waals surface area contributed by atoms with Gasteiger partial charge in [-0.15, -0.1) is 0 Å². The van der Waals surface area contributed by atoms with Gasteiger partial charge in [0.2, 0.25) is 10.0 Å². The molecule has 0 aliphatic heterocycles. The zero-order chi connectivity index (χ0) is 17.4. The Hall–Kier alpha value is -1.73. The summed E-state index contributed by atoms with van der Waals surface area (Å²) >= 11 is 0. The standard InChI is InChI=1S/C17H24N4O2S/c1-16(2,3)21-24(22,23)17(7-4-8-17)12-20-15-6-10-19-14-5-9-18-11-13(14)15/h5-6,9-11,21H,4,7-8,12H2,1-3H3,(H,19,20). The van der Waals surface area contributed by atoms with Gasteiger partial charge in [-0.1, -0.05) is 6.42 Å². The van der Waals surface area contributed by atoms with Crippen LogP contribution < -0.4 is 10.0 Å². The van der Waals surface area contributed by atoms with Gasteiger partial charge in [-0.2, -0.15) is 0 Å². The molecule has 0 spiro atoms. The summed E-state index contributed by atoms with van der Waals surface area (Å²) in [6.07, 6.45) is 7.45. The van der Waals surface area contributed by atoms with E-state index in [0.717, 1.165) is 23.0 Å². The molecule has 2 aromatic heterocycles. The molecule has 24 heavy (non-hydrogen) atoms. The average Bonchev–Trinajstić information content (AvgIpc) is 2.43. The van der Waals surface area contributed by atoms with E-state index in [9.17, 15) is 8.42 Å². The first-order chi connectivity index (χ1) is 11.2. The summed E-state index contributed by atoms with van der Waals surface area (Å²) in [4.78, 5) is 8.45. The normalized spacial score (nSPS) is 17.5. The van der Waals surface area contributed by atoms with Gasteiger partial charge in [0, 0.05) is 41.7 Å². The smallest absolute Gasteiger partial charge is 0.219 e. The number of fused-ring (bicyclic) bond motifs is 1. The van der Waals surface area contributed by atoms with Gasteiger partial charge < -0.3 is 5.32 Å². The third-order valence-electron chi connectivity index (χ3n) is 4.42. The van der Waals surface area contributed by atoms with Crippen molar-refractivity contribution in [2.24, 2.45) is 0 Å². The van der Waals surface area contributed by atoms with Crippen molar-refractivity contribution >= 4 is 26.6 Å². The van der Waals surface area contributed by atoms with Crippen LogP contribution in [0.5, 0.6) is 0 Å². The lowest BCUT2D eigenvalue weighted by Gasteiger charge is -2.42. The topological polar surface area (TPSA) is 84.0 Å². The number of rotatable bonds is 5. The van der Waals surface area contributed by atoms with Crippen LogP contribution in [0.4, 0.5) is 5.69 Å². The third-order valence-corrected chi connectivity index (χ3v) is 6.99.